The van der Waals surface area contributed by atoms with Gasteiger partial charge in [-0.1, -0.05) is 12.1 Å². The molecule has 2 aromatic rings. The Labute approximate surface area is 131 Å². The van der Waals surface area contributed by atoms with Crippen molar-refractivity contribution in [1.82, 2.24) is 10.6 Å². The number of hydrogen-bond donors (Lipinski definition) is 2. The number of rotatable bonds is 2. The molecule has 21 heavy (non-hydrogen) atoms. The third-order valence-electron chi connectivity index (χ3n) is 4.53. The Morgan fingerprint density at radius 1 is 1.29 bits per heavy atom. The minimum Gasteiger partial charge on any atom is -0.450 e. The highest BCUT2D eigenvalue weighted by Gasteiger charge is 2.34. The third-order valence-corrected chi connectivity index (χ3v) is 5.15. The van der Waals surface area contributed by atoms with Crippen molar-refractivity contribution >= 4 is 32.8 Å². The molecule has 0 radical (unpaired) electrons. The predicted molar refractivity (Wildman–Crippen MR) is 84.3 cm³/mol. The second-order valence-electron chi connectivity index (χ2n) is 6.05. The van der Waals surface area contributed by atoms with Gasteiger partial charge in [-0.15, -0.1) is 0 Å². The van der Waals surface area contributed by atoms with E-state index in [9.17, 15) is 4.79 Å². The topological polar surface area (TPSA) is 54.3 Å². The molecule has 2 atom stereocenters. The summed E-state index contributed by atoms with van der Waals surface area (Å²) in [7, 11) is 0. The molecule has 2 N–H and O–H groups in total. The summed E-state index contributed by atoms with van der Waals surface area (Å²) in [4.78, 5) is 12.4. The first kappa shape index (κ1) is 13.3. The van der Waals surface area contributed by atoms with E-state index in [-0.39, 0.29) is 11.9 Å². The standard InChI is InChI=1S/C16H17BrN2O2/c17-13-3-1-2-9-6-14(21-15(9)13)16(20)19-12-7-10-4-5-11(8-12)18-10/h1-3,6,10-12,18H,4-5,7-8H2,(H,19,20). The number of hydrogen-bond acceptors (Lipinski definition) is 3. The van der Waals surface area contributed by atoms with Crippen LogP contribution in [0.4, 0.5) is 0 Å². The lowest BCUT2D eigenvalue weighted by Gasteiger charge is -2.29. The predicted octanol–water partition coefficient (Wildman–Crippen LogP) is 3.21. The van der Waals surface area contributed by atoms with E-state index in [0.717, 1.165) is 28.3 Å². The van der Waals surface area contributed by atoms with Gasteiger partial charge in [-0.25, -0.2) is 0 Å². The molecule has 0 spiro atoms. The van der Waals surface area contributed by atoms with E-state index >= 15 is 0 Å². The molecule has 2 bridgehead atoms. The lowest BCUT2D eigenvalue weighted by molar-refractivity contribution is 0.0898. The van der Waals surface area contributed by atoms with Crippen molar-refractivity contribution in [2.75, 3.05) is 0 Å². The average Bonchev–Trinajstić information content (AvgIpc) is 3.03. The Bertz CT molecular complexity index is 685. The minimum absolute atomic E-state index is 0.107. The van der Waals surface area contributed by atoms with Crippen molar-refractivity contribution < 1.29 is 9.21 Å². The van der Waals surface area contributed by atoms with Gasteiger partial charge in [0.15, 0.2) is 5.76 Å². The van der Waals surface area contributed by atoms with Gasteiger partial charge in [0.2, 0.25) is 0 Å². The smallest absolute Gasteiger partial charge is 0.287 e. The summed E-state index contributed by atoms with van der Waals surface area (Å²) >= 11 is 3.45. The molecule has 0 aliphatic carbocycles. The van der Waals surface area contributed by atoms with Crippen molar-refractivity contribution in [2.24, 2.45) is 0 Å². The number of halogens is 1. The second-order valence-corrected chi connectivity index (χ2v) is 6.90. The van der Waals surface area contributed by atoms with Crippen molar-refractivity contribution in [3.05, 3.63) is 34.5 Å². The Balaban J connectivity index is 1.52. The second kappa shape index (κ2) is 5.14. The molecule has 5 heteroatoms. The number of fused-ring (bicyclic) bond motifs is 3. The van der Waals surface area contributed by atoms with Crippen molar-refractivity contribution in [2.45, 2.75) is 43.8 Å². The molecule has 4 rings (SSSR count). The van der Waals surface area contributed by atoms with Crippen LogP contribution in [-0.2, 0) is 0 Å². The van der Waals surface area contributed by atoms with Crippen LogP contribution in [0.2, 0.25) is 0 Å². The third kappa shape index (κ3) is 2.49. The van der Waals surface area contributed by atoms with E-state index in [4.69, 9.17) is 4.42 Å². The molecule has 2 saturated heterocycles. The monoisotopic (exact) mass is 348 g/mol. The highest BCUT2D eigenvalue weighted by Crippen LogP contribution is 2.29. The molecule has 1 amide bonds. The zero-order chi connectivity index (χ0) is 14.4. The van der Waals surface area contributed by atoms with Gasteiger partial charge >= 0.3 is 0 Å². The fourth-order valence-electron chi connectivity index (χ4n) is 3.57. The van der Waals surface area contributed by atoms with Gasteiger partial charge in [0.25, 0.3) is 5.91 Å². The number of carbonyl (C=O) groups excluding carboxylic acids is 1. The van der Waals surface area contributed by atoms with Gasteiger partial charge in [-0.05, 0) is 53.7 Å². The highest BCUT2D eigenvalue weighted by atomic mass is 79.9. The number of piperidine rings is 1. The molecule has 1 aromatic heterocycles. The Kier molecular flexibility index (Phi) is 3.27. The number of carbonyl (C=O) groups is 1. The van der Waals surface area contributed by atoms with E-state index in [1.807, 2.05) is 24.3 Å². The van der Waals surface area contributed by atoms with Gasteiger partial charge in [0.1, 0.15) is 5.58 Å². The summed E-state index contributed by atoms with van der Waals surface area (Å²) < 4.78 is 6.57. The van der Waals surface area contributed by atoms with E-state index < -0.39 is 0 Å². The largest absolute Gasteiger partial charge is 0.450 e. The SMILES string of the molecule is O=C(NC1CC2CCC(C1)N2)c1cc2cccc(Br)c2o1. The maximum atomic E-state index is 12.4. The molecule has 4 nitrogen and oxygen atoms in total. The van der Waals surface area contributed by atoms with E-state index in [1.165, 1.54) is 12.8 Å². The van der Waals surface area contributed by atoms with Crippen LogP contribution in [-0.4, -0.2) is 24.0 Å². The summed E-state index contributed by atoms with van der Waals surface area (Å²) in [6.07, 6.45) is 4.50. The highest BCUT2D eigenvalue weighted by molar-refractivity contribution is 9.10. The van der Waals surface area contributed by atoms with Gasteiger partial charge in [0.05, 0.1) is 4.47 Å². The molecule has 0 saturated carbocycles. The molecular formula is C16H17BrN2O2. The molecular weight excluding hydrogens is 332 g/mol. The first-order valence-corrected chi connectivity index (χ1v) is 8.23. The Morgan fingerprint density at radius 3 is 2.76 bits per heavy atom. The van der Waals surface area contributed by atoms with E-state index in [2.05, 4.69) is 26.6 Å². The quantitative estimate of drug-likeness (QED) is 0.876. The van der Waals surface area contributed by atoms with Gasteiger partial charge in [-0.2, -0.15) is 0 Å². The lowest BCUT2D eigenvalue weighted by atomic mass is 10.00. The number of benzene rings is 1. The van der Waals surface area contributed by atoms with Crippen LogP contribution < -0.4 is 10.6 Å². The normalized spacial score (nSPS) is 28.0. The number of nitrogens with one attached hydrogen (secondary N) is 2. The first-order chi connectivity index (χ1) is 10.2. The van der Waals surface area contributed by atoms with Crippen LogP contribution in [0.25, 0.3) is 11.0 Å². The van der Waals surface area contributed by atoms with Gasteiger partial charge < -0.3 is 15.1 Å². The summed E-state index contributed by atoms with van der Waals surface area (Å²) in [5.74, 6) is 0.284. The minimum atomic E-state index is -0.107. The summed E-state index contributed by atoms with van der Waals surface area (Å²) in [5.41, 5.74) is 0.730. The maximum absolute atomic E-state index is 12.4. The lowest BCUT2D eigenvalue weighted by Crippen LogP contribution is -2.47. The van der Waals surface area contributed by atoms with Gasteiger partial charge in [0, 0.05) is 23.5 Å². The van der Waals surface area contributed by atoms with Gasteiger partial charge in [-0.3, -0.25) is 4.79 Å². The Hall–Kier alpha value is -1.33. The molecule has 3 heterocycles. The molecule has 110 valence electrons. The summed E-state index contributed by atoms with van der Waals surface area (Å²) in [6.45, 7) is 0. The molecule has 2 fully saturated rings. The average molecular weight is 349 g/mol. The van der Waals surface area contributed by atoms with Crippen LogP contribution >= 0.6 is 15.9 Å². The molecule has 2 aliphatic heterocycles. The van der Waals surface area contributed by atoms with E-state index in [0.29, 0.717) is 17.8 Å². The van der Waals surface area contributed by atoms with Crippen LogP contribution in [0.3, 0.4) is 0 Å². The van der Waals surface area contributed by atoms with Crippen LogP contribution in [0, 0.1) is 0 Å². The summed E-state index contributed by atoms with van der Waals surface area (Å²) in [5, 5.41) is 7.65. The first-order valence-electron chi connectivity index (χ1n) is 7.44. The fraction of sp³-hybridized carbons (Fsp3) is 0.438. The maximum Gasteiger partial charge on any atom is 0.287 e. The van der Waals surface area contributed by atoms with Crippen LogP contribution in [0.5, 0.6) is 0 Å². The zero-order valence-electron chi connectivity index (χ0n) is 11.6. The summed E-state index contributed by atoms with van der Waals surface area (Å²) in [6, 6.07) is 9.01. The van der Waals surface area contributed by atoms with Crippen molar-refractivity contribution in [3.63, 3.8) is 0 Å². The van der Waals surface area contributed by atoms with Crippen molar-refractivity contribution in [1.29, 1.82) is 0 Å². The van der Waals surface area contributed by atoms with Crippen LogP contribution in [0.15, 0.2) is 33.2 Å². The zero-order valence-corrected chi connectivity index (χ0v) is 13.2. The van der Waals surface area contributed by atoms with E-state index in [1.54, 1.807) is 0 Å². The molecule has 1 aromatic carbocycles. The fourth-order valence-corrected chi connectivity index (χ4v) is 4.03. The Morgan fingerprint density at radius 2 is 2.05 bits per heavy atom. The van der Waals surface area contributed by atoms with Crippen LogP contribution in [0.1, 0.15) is 36.2 Å². The molecule has 2 aliphatic rings. The van der Waals surface area contributed by atoms with Crippen molar-refractivity contribution in [3.8, 4) is 0 Å². The number of furan rings is 1. The number of para-hydroxylation sites is 1. The number of amides is 1. The molecule has 2 unspecified atom stereocenters.